The lowest BCUT2D eigenvalue weighted by atomic mass is 9.63. The number of amides is 2. The Labute approximate surface area is 158 Å². The zero-order chi connectivity index (χ0) is 19.2. The zero-order valence-corrected chi connectivity index (χ0v) is 14.6. The number of carbonyl (C=O) groups excluding carboxylic acids is 2. The minimum absolute atomic E-state index is 0.0162. The van der Waals surface area contributed by atoms with E-state index in [-0.39, 0.29) is 59.3 Å². The topological polar surface area (TPSA) is 111 Å². The van der Waals surface area contributed by atoms with Crippen molar-refractivity contribution in [2.75, 3.05) is 6.79 Å². The molecule has 6 aliphatic rings. The highest BCUT2D eigenvalue weighted by Gasteiger charge is 2.67. The van der Waals surface area contributed by atoms with E-state index in [1.807, 2.05) is 0 Å². The molecule has 2 aliphatic heterocycles. The molecule has 2 bridgehead atoms. The third-order valence-corrected chi connectivity index (χ3v) is 6.67. The summed E-state index contributed by atoms with van der Waals surface area (Å²) in [4.78, 5) is 36.6. The molecular weight excluding hydrogens is 366 g/mol. The Hall–Kier alpha value is -3.23. The van der Waals surface area contributed by atoms with Crippen LogP contribution in [0.1, 0.15) is 12.0 Å². The van der Waals surface area contributed by atoms with Gasteiger partial charge in [-0.15, -0.1) is 0 Å². The maximum Gasteiger partial charge on any atom is 0.282 e. The van der Waals surface area contributed by atoms with Crippen LogP contribution < -0.4 is 9.47 Å². The van der Waals surface area contributed by atoms with Crippen LogP contribution in [0.2, 0.25) is 0 Å². The highest BCUT2D eigenvalue weighted by molar-refractivity contribution is 6.06. The zero-order valence-electron chi connectivity index (χ0n) is 14.6. The summed E-state index contributed by atoms with van der Waals surface area (Å²) in [6.07, 6.45) is 6.44. The number of nitro groups is 1. The minimum atomic E-state index is -0.561. The molecule has 1 aromatic carbocycles. The van der Waals surface area contributed by atoms with Crippen molar-refractivity contribution in [3.63, 3.8) is 0 Å². The van der Waals surface area contributed by atoms with E-state index in [0.29, 0.717) is 17.6 Å². The molecule has 142 valence electrons. The van der Waals surface area contributed by atoms with Gasteiger partial charge in [-0.2, -0.15) is 10.1 Å². The van der Waals surface area contributed by atoms with Gasteiger partial charge in [0, 0.05) is 0 Å². The van der Waals surface area contributed by atoms with Gasteiger partial charge in [0.25, 0.3) is 17.5 Å². The Bertz CT molecular complexity index is 981. The van der Waals surface area contributed by atoms with Gasteiger partial charge >= 0.3 is 0 Å². The summed E-state index contributed by atoms with van der Waals surface area (Å²) >= 11 is 0. The predicted molar refractivity (Wildman–Crippen MR) is 93.4 cm³/mol. The van der Waals surface area contributed by atoms with E-state index in [4.69, 9.17) is 9.47 Å². The molecule has 0 unspecified atom stereocenters. The van der Waals surface area contributed by atoms with Crippen molar-refractivity contribution in [2.45, 2.75) is 6.42 Å². The number of nitro benzene ring substituents is 1. The van der Waals surface area contributed by atoms with Crippen molar-refractivity contribution in [3.05, 3.63) is 40.0 Å². The van der Waals surface area contributed by atoms with Gasteiger partial charge in [0.1, 0.15) is 0 Å². The summed E-state index contributed by atoms with van der Waals surface area (Å²) in [5, 5.41) is 16.3. The highest BCUT2D eigenvalue weighted by Crippen LogP contribution is 2.65. The van der Waals surface area contributed by atoms with Crippen molar-refractivity contribution in [1.82, 2.24) is 5.01 Å². The molecule has 9 nitrogen and oxygen atoms in total. The second-order valence-electron chi connectivity index (χ2n) is 7.91. The average Bonchev–Trinajstić information content (AvgIpc) is 3.33. The number of carbonyl (C=O) groups is 2. The molecule has 28 heavy (non-hydrogen) atoms. The lowest BCUT2D eigenvalue weighted by molar-refractivity contribution is -0.385. The van der Waals surface area contributed by atoms with E-state index in [1.165, 1.54) is 18.3 Å². The number of hydrazone groups is 1. The summed E-state index contributed by atoms with van der Waals surface area (Å²) in [7, 11) is 0. The first kappa shape index (κ1) is 15.8. The summed E-state index contributed by atoms with van der Waals surface area (Å²) in [5.41, 5.74) is -0.0823. The van der Waals surface area contributed by atoms with E-state index in [2.05, 4.69) is 17.3 Å². The fourth-order valence-electron chi connectivity index (χ4n) is 5.38. The molecule has 0 radical (unpaired) electrons. The monoisotopic (exact) mass is 381 g/mol. The molecule has 2 heterocycles. The molecule has 3 fully saturated rings. The Morgan fingerprint density at radius 1 is 1.07 bits per heavy atom. The molecule has 6 atom stereocenters. The van der Waals surface area contributed by atoms with Gasteiger partial charge in [0.2, 0.25) is 6.79 Å². The van der Waals surface area contributed by atoms with Crippen LogP contribution in [-0.4, -0.2) is 34.8 Å². The van der Waals surface area contributed by atoms with Gasteiger partial charge in [-0.3, -0.25) is 19.7 Å². The molecule has 4 aliphatic carbocycles. The minimum Gasteiger partial charge on any atom is -0.454 e. The predicted octanol–water partition coefficient (Wildman–Crippen LogP) is 1.71. The first-order chi connectivity index (χ1) is 13.5. The number of imide groups is 1. The number of rotatable bonds is 3. The largest absolute Gasteiger partial charge is 0.454 e. The molecule has 0 aromatic heterocycles. The Morgan fingerprint density at radius 3 is 2.29 bits per heavy atom. The number of hydrogen-bond acceptors (Lipinski definition) is 7. The first-order valence-electron chi connectivity index (χ1n) is 9.23. The van der Waals surface area contributed by atoms with Crippen LogP contribution in [0.3, 0.4) is 0 Å². The van der Waals surface area contributed by atoms with Gasteiger partial charge in [-0.1, -0.05) is 12.2 Å². The van der Waals surface area contributed by atoms with Crippen molar-refractivity contribution in [1.29, 1.82) is 0 Å². The Kier molecular flexibility index (Phi) is 2.92. The first-order valence-corrected chi connectivity index (χ1v) is 9.23. The summed E-state index contributed by atoms with van der Waals surface area (Å²) in [5.74, 6) is 0.558. The van der Waals surface area contributed by atoms with Crippen molar-refractivity contribution >= 4 is 23.7 Å². The van der Waals surface area contributed by atoms with Crippen molar-refractivity contribution in [2.24, 2.45) is 40.6 Å². The second kappa shape index (κ2) is 5.18. The van der Waals surface area contributed by atoms with E-state index in [0.717, 1.165) is 11.4 Å². The van der Waals surface area contributed by atoms with Gasteiger partial charge in [0.15, 0.2) is 11.5 Å². The maximum atomic E-state index is 12.9. The van der Waals surface area contributed by atoms with Gasteiger partial charge < -0.3 is 9.47 Å². The molecule has 1 saturated heterocycles. The number of fused-ring (bicyclic) bond motifs is 1. The fourth-order valence-corrected chi connectivity index (χ4v) is 5.38. The SMILES string of the molecule is O=C1[C@@H]2[C@H]3C=C[C@@H]([C@@H]4C[C@@H]34)[C@H]2C(=O)N1/N=C\c1cc2c(cc1[N+](=O)[O-])OCO2. The van der Waals surface area contributed by atoms with Crippen LogP contribution in [0.4, 0.5) is 5.69 Å². The molecule has 2 saturated carbocycles. The highest BCUT2D eigenvalue weighted by atomic mass is 16.7. The third kappa shape index (κ3) is 1.93. The van der Waals surface area contributed by atoms with Gasteiger partial charge in [-0.25, -0.2) is 0 Å². The number of nitrogens with zero attached hydrogens (tertiary/aromatic N) is 3. The number of ether oxygens (including phenoxy) is 2. The van der Waals surface area contributed by atoms with Crippen LogP contribution in [0.25, 0.3) is 0 Å². The van der Waals surface area contributed by atoms with E-state index < -0.39 is 4.92 Å². The number of hydrogen-bond donors (Lipinski definition) is 0. The van der Waals surface area contributed by atoms with Gasteiger partial charge in [-0.05, 0) is 36.2 Å². The van der Waals surface area contributed by atoms with E-state index in [9.17, 15) is 19.7 Å². The molecular formula is C19H15N3O6. The second-order valence-corrected chi connectivity index (χ2v) is 7.91. The standard InChI is InChI=1S/C19H15N3O6/c23-18-16-9-1-2-10(12-4-11(9)12)17(16)19(24)21(18)20-6-8-3-14-15(28-7-27-14)5-13(8)22(25)26/h1-3,5-6,9-12,16-17H,4,7H2/b20-6-/t9-,10-,11-,12-,16+,17+/m0/s1. The normalized spacial score (nSPS) is 36.2. The maximum absolute atomic E-state index is 12.9. The van der Waals surface area contributed by atoms with Crippen LogP contribution in [0.5, 0.6) is 11.5 Å². The van der Waals surface area contributed by atoms with Crippen LogP contribution in [0, 0.1) is 45.6 Å². The molecule has 9 heteroatoms. The molecule has 1 aromatic rings. The summed E-state index contributed by atoms with van der Waals surface area (Å²) < 4.78 is 10.4. The number of benzene rings is 1. The number of allylic oxidation sites excluding steroid dienone is 2. The Balaban J connectivity index is 1.34. The molecule has 7 rings (SSSR count). The summed E-state index contributed by atoms with van der Waals surface area (Å²) in [6.45, 7) is -0.0162. The Morgan fingerprint density at radius 2 is 1.68 bits per heavy atom. The van der Waals surface area contributed by atoms with Crippen LogP contribution in [0.15, 0.2) is 29.4 Å². The molecule has 2 amide bonds. The van der Waals surface area contributed by atoms with Crippen LogP contribution in [-0.2, 0) is 9.59 Å². The van der Waals surface area contributed by atoms with Crippen LogP contribution >= 0.6 is 0 Å². The summed E-state index contributed by atoms with van der Waals surface area (Å²) in [6, 6.07) is 2.69. The quantitative estimate of drug-likeness (QED) is 0.259. The van der Waals surface area contributed by atoms with E-state index in [1.54, 1.807) is 0 Å². The molecule has 0 spiro atoms. The van der Waals surface area contributed by atoms with Crippen molar-refractivity contribution in [3.8, 4) is 11.5 Å². The van der Waals surface area contributed by atoms with Crippen molar-refractivity contribution < 1.29 is 24.0 Å². The lowest BCUT2D eigenvalue weighted by Crippen LogP contribution is -2.40. The fraction of sp³-hybridized carbons (Fsp3) is 0.421. The van der Waals surface area contributed by atoms with E-state index >= 15 is 0 Å². The smallest absolute Gasteiger partial charge is 0.282 e. The third-order valence-electron chi connectivity index (χ3n) is 6.67. The lowest BCUT2D eigenvalue weighted by Gasteiger charge is -2.37. The van der Waals surface area contributed by atoms with Gasteiger partial charge in [0.05, 0.1) is 34.6 Å². The average molecular weight is 381 g/mol. The molecule has 0 N–H and O–H groups in total.